The average molecular weight is 272 g/mol. The molecule has 1 fully saturated rings. The van der Waals surface area contributed by atoms with E-state index in [-0.39, 0.29) is 0 Å². The fourth-order valence-electron chi connectivity index (χ4n) is 2.15. The lowest BCUT2D eigenvalue weighted by Crippen LogP contribution is -2.40. The van der Waals surface area contributed by atoms with Gasteiger partial charge in [-0.1, -0.05) is 0 Å². The van der Waals surface area contributed by atoms with Gasteiger partial charge in [-0.05, 0) is 13.8 Å². The molecule has 0 spiro atoms. The zero-order valence-electron chi connectivity index (χ0n) is 10.5. The van der Waals surface area contributed by atoms with Crippen LogP contribution in [0.3, 0.4) is 0 Å². The number of aliphatic hydroxyl groups is 3. The maximum Gasteiger partial charge on any atom is 0.330 e. The fourth-order valence-corrected chi connectivity index (χ4v) is 2.15. The van der Waals surface area contributed by atoms with E-state index in [9.17, 15) is 19.8 Å². The van der Waals surface area contributed by atoms with Crippen LogP contribution in [0, 0.1) is 13.8 Å². The molecule has 2 rings (SSSR count). The van der Waals surface area contributed by atoms with Gasteiger partial charge in [0.1, 0.15) is 18.3 Å². The normalized spacial score (nSPS) is 30.8. The topological polar surface area (TPSA) is 125 Å². The third-order valence-electron chi connectivity index (χ3n) is 3.46. The summed E-state index contributed by atoms with van der Waals surface area (Å²) in [6.07, 6.45) is -4.78. The van der Waals surface area contributed by atoms with Crippen molar-refractivity contribution in [2.24, 2.45) is 0 Å². The van der Waals surface area contributed by atoms with Crippen molar-refractivity contribution < 1.29 is 20.1 Å². The highest BCUT2D eigenvalue weighted by atomic mass is 16.6. The Morgan fingerprint density at radius 1 is 1.26 bits per heavy atom. The number of nitrogens with zero attached hydrogens (tertiary/aromatic N) is 1. The minimum Gasteiger partial charge on any atom is -0.394 e. The number of rotatable bonds is 2. The van der Waals surface area contributed by atoms with Crippen LogP contribution in [0.2, 0.25) is 0 Å². The second-order valence-corrected chi connectivity index (χ2v) is 4.57. The summed E-state index contributed by atoms with van der Waals surface area (Å²) in [5, 5.41) is 28.6. The number of nitrogens with one attached hydrogen (secondary N) is 1. The Morgan fingerprint density at radius 2 is 1.89 bits per heavy atom. The van der Waals surface area contributed by atoms with Gasteiger partial charge in [-0.25, -0.2) is 4.79 Å². The number of aromatic amines is 1. The van der Waals surface area contributed by atoms with Gasteiger partial charge in [0.25, 0.3) is 5.56 Å². The highest BCUT2D eigenvalue weighted by molar-refractivity contribution is 5.15. The molecule has 1 saturated heterocycles. The Kier molecular flexibility index (Phi) is 3.59. The number of hydrogen-bond donors (Lipinski definition) is 4. The van der Waals surface area contributed by atoms with Gasteiger partial charge in [-0.3, -0.25) is 14.3 Å². The zero-order valence-corrected chi connectivity index (χ0v) is 10.5. The highest BCUT2D eigenvalue weighted by Crippen LogP contribution is 2.28. The fraction of sp³-hybridized carbons (Fsp3) is 0.636. The number of hydrogen-bond acceptors (Lipinski definition) is 6. The van der Waals surface area contributed by atoms with Gasteiger partial charge in [0, 0.05) is 11.3 Å². The first-order valence-electron chi connectivity index (χ1n) is 5.83. The molecule has 8 nitrogen and oxygen atoms in total. The third-order valence-corrected chi connectivity index (χ3v) is 3.46. The van der Waals surface area contributed by atoms with Gasteiger partial charge in [-0.2, -0.15) is 0 Å². The van der Waals surface area contributed by atoms with E-state index >= 15 is 0 Å². The molecule has 0 unspecified atom stereocenters. The summed E-state index contributed by atoms with van der Waals surface area (Å²) in [6.45, 7) is 2.59. The van der Waals surface area contributed by atoms with Crippen molar-refractivity contribution >= 4 is 0 Å². The molecule has 0 aromatic carbocycles. The van der Waals surface area contributed by atoms with E-state index in [0.717, 1.165) is 4.57 Å². The van der Waals surface area contributed by atoms with E-state index in [1.807, 2.05) is 0 Å². The molecule has 2 heterocycles. The molecule has 0 saturated carbocycles. The first-order valence-corrected chi connectivity index (χ1v) is 5.83. The number of ether oxygens (including phenoxy) is 1. The van der Waals surface area contributed by atoms with Gasteiger partial charge < -0.3 is 20.1 Å². The molecule has 0 aliphatic carbocycles. The molecule has 0 radical (unpaired) electrons. The summed E-state index contributed by atoms with van der Waals surface area (Å²) in [5.41, 5.74) is -0.589. The minimum atomic E-state index is -1.36. The van der Waals surface area contributed by atoms with Crippen molar-refractivity contribution in [3.63, 3.8) is 0 Å². The average Bonchev–Trinajstić information content (AvgIpc) is 2.64. The zero-order chi connectivity index (χ0) is 14.3. The van der Waals surface area contributed by atoms with Crippen molar-refractivity contribution in [2.45, 2.75) is 38.4 Å². The molecule has 4 atom stereocenters. The van der Waals surface area contributed by atoms with Gasteiger partial charge in [0.05, 0.1) is 6.61 Å². The summed E-state index contributed by atoms with van der Waals surface area (Å²) >= 11 is 0. The second-order valence-electron chi connectivity index (χ2n) is 4.57. The first kappa shape index (κ1) is 13.9. The van der Waals surface area contributed by atoms with E-state index in [2.05, 4.69) is 4.98 Å². The summed E-state index contributed by atoms with van der Waals surface area (Å²) < 4.78 is 6.34. The number of aliphatic hydroxyl groups excluding tert-OH is 3. The van der Waals surface area contributed by atoms with Crippen LogP contribution in [0.25, 0.3) is 0 Å². The maximum atomic E-state index is 11.8. The first-order chi connectivity index (χ1) is 8.88. The molecule has 8 heteroatoms. The van der Waals surface area contributed by atoms with E-state index in [0.29, 0.717) is 11.3 Å². The van der Waals surface area contributed by atoms with Crippen LogP contribution in [0.4, 0.5) is 0 Å². The largest absolute Gasteiger partial charge is 0.394 e. The van der Waals surface area contributed by atoms with Crippen molar-refractivity contribution in [1.82, 2.24) is 9.55 Å². The van der Waals surface area contributed by atoms with E-state index in [1.165, 1.54) is 6.92 Å². The van der Waals surface area contributed by atoms with Crippen molar-refractivity contribution in [3.8, 4) is 0 Å². The lowest BCUT2D eigenvalue weighted by atomic mass is 10.1. The van der Waals surface area contributed by atoms with Crippen LogP contribution in [0.15, 0.2) is 9.59 Å². The van der Waals surface area contributed by atoms with Gasteiger partial charge in [0.15, 0.2) is 6.23 Å². The van der Waals surface area contributed by atoms with Crippen LogP contribution in [0.5, 0.6) is 0 Å². The van der Waals surface area contributed by atoms with Gasteiger partial charge >= 0.3 is 5.69 Å². The molecule has 1 aliphatic heterocycles. The van der Waals surface area contributed by atoms with Crippen LogP contribution < -0.4 is 11.2 Å². The molecule has 106 valence electrons. The van der Waals surface area contributed by atoms with Crippen LogP contribution in [-0.4, -0.2) is 49.8 Å². The molecule has 1 aromatic heterocycles. The summed E-state index contributed by atoms with van der Waals surface area (Å²) in [6, 6.07) is 0. The minimum absolute atomic E-state index is 0.317. The molecular formula is C11H16N2O6. The molecule has 1 aliphatic rings. The quantitative estimate of drug-likeness (QED) is 0.482. The lowest BCUT2D eigenvalue weighted by molar-refractivity contribution is -0.0560. The summed E-state index contributed by atoms with van der Waals surface area (Å²) in [5.74, 6) is 0. The molecule has 0 bridgehead atoms. The standard InChI is InChI=1S/C11H16N2O6/c1-4-5(2)13(11(18)12-9(4)17)10-8(16)7(15)6(3-14)19-10/h6-8,10,14-16H,3H2,1-2H3,(H,12,17,18)/t6-,7+,8-,10-/m0/s1. The summed E-state index contributed by atoms with van der Waals surface area (Å²) in [7, 11) is 0. The van der Waals surface area contributed by atoms with Crippen LogP contribution in [0.1, 0.15) is 17.5 Å². The number of H-pyrrole nitrogens is 1. The number of aromatic nitrogens is 2. The molecule has 4 N–H and O–H groups in total. The highest BCUT2D eigenvalue weighted by Gasteiger charge is 2.44. The van der Waals surface area contributed by atoms with Gasteiger partial charge in [0.2, 0.25) is 0 Å². The Balaban J connectivity index is 2.52. The molecular weight excluding hydrogens is 256 g/mol. The Morgan fingerprint density at radius 3 is 2.42 bits per heavy atom. The monoisotopic (exact) mass is 272 g/mol. The van der Waals surface area contributed by atoms with Crippen LogP contribution >= 0.6 is 0 Å². The lowest BCUT2D eigenvalue weighted by Gasteiger charge is -2.20. The third kappa shape index (κ3) is 2.12. The predicted molar refractivity (Wildman–Crippen MR) is 63.8 cm³/mol. The van der Waals surface area contributed by atoms with E-state index < -0.39 is 42.4 Å². The van der Waals surface area contributed by atoms with Crippen molar-refractivity contribution in [3.05, 3.63) is 32.1 Å². The Labute approximate surface area is 107 Å². The second kappa shape index (κ2) is 4.89. The molecule has 19 heavy (non-hydrogen) atoms. The van der Waals surface area contributed by atoms with Crippen LogP contribution in [-0.2, 0) is 4.74 Å². The van der Waals surface area contributed by atoms with Gasteiger partial charge in [-0.15, -0.1) is 0 Å². The predicted octanol–water partition coefficient (Wildman–Crippen LogP) is -2.24. The summed E-state index contributed by atoms with van der Waals surface area (Å²) in [4.78, 5) is 25.4. The van der Waals surface area contributed by atoms with E-state index in [1.54, 1.807) is 6.92 Å². The smallest absolute Gasteiger partial charge is 0.330 e. The Bertz CT molecular complexity index is 592. The molecule has 1 aromatic rings. The maximum absolute atomic E-state index is 11.8. The molecule has 0 amide bonds. The SMILES string of the molecule is Cc1c(C)n([C@H]2O[C@@H](CO)[C@@H](O)[C@@H]2O)c(=O)[nH]c1=O. The van der Waals surface area contributed by atoms with Crippen molar-refractivity contribution in [2.75, 3.05) is 6.61 Å². The van der Waals surface area contributed by atoms with Crippen molar-refractivity contribution in [1.29, 1.82) is 0 Å². The van der Waals surface area contributed by atoms with E-state index in [4.69, 9.17) is 9.84 Å². The Hall–Kier alpha value is -1.48.